The van der Waals surface area contributed by atoms with E-state index in [1.54, 1.807) is 11.3 Å². The number of aromatic nitrogens is 2. The molecule has 0 saturated heterocycles. The van der Waals surface area contributed by atoms with Crippen LogP contribution in [-0.4, -0.2) is 16.6 Å². The molecular weight excluding hydrogens is 256 g/mol. The highest BCUT2D eigenvalue weighted by Crippen LogP contribution is 2.30. The second-order valence-corrected chi connectivity index (χ2v) is 5.23. The molecule has 1 unspecified atom stereocenters. The lowest BCUT2D eigenvalue weighted by Crippen LogP contribution is -2.04. The summed E-state index contributed by atoms with van der Waals surface area (Å²) in [6.45, 7) is 6.66. The Balaban J connectivity index is 2.46. The van der Waals surface area contributed by atoms with Crippen LogP contribution in [0.1, 0.15) is 37.6 Å². The fourth-order valence-electron chi connectivity index (χ4n) is 1.63. The van der Waals surface area contributed by atoms with E-state index in [1.807, 2.05) is 13.8 Å². The maximum absolute atomic E-state index is 6.18. The highest BCUT2D eigenvalue weighted by Gasteiger charge is 2.14. The van der Waals surface area contributed by atoms with Crippen LogP contribution in [0.25, 0.3) is 10.2 Å². The van der Waals surface area contributed by atoms with Crippen molar-refractivity contribution in [1.82, 2.24) is 9.97 Å². The van der Waals surface area contributed by atoms with Gasteiger partial charge in [-0.25, -0.2) is 9.97 Å². The van der Waals surface area contributed by atoms with Gasteiger partial charge < -0.3 is 4.74 Å². The molecule has 2 aromatic heterocycles. The third kappa shape index (κ3) is 2.59. The summed E-state index contributed by atoms with van der Waals surface area (Å²) in [6.07, 6.45) is 0.877. The number of fused-ring (bicyclic) bond motifs is 1. The average Bonchev–Trinajstić information content (AvgIpc) is 2.73. The van der Waals surface area contributed by atoms with Crippen molar-refractivity contribution in [3.05, 3.63) is 21.9 Å². The molecule has 0 radical (unpaired) electrons. The molecule has 2 heterocycles. The SMILES string of the molecule is CCOC(C)c1nc(Cl)c2cc(CC)sc2n1. The number of nitrogens with zero attached hydrogens (tertiary/aromatic N) is 2. The summed E-state index contributed by atoms with van der Waals surface area (Å²) in [5.74, 6) is 0.661. The zero-order chi connectivity index (χ0) is 12.4. The molecule has 2 rings (SSSR count). The van der Waals surface area contributed by atoms with Crippen LogP contribution in [-0.2, 0) is 11.2 Å². The normalized spacial score (nSPS) is 13.2. The van der Waals surface area contributed by atoms with Gasteiger partial charge in [-0.1, -0.05) is 18.5 Å². The summed E-state index contributed by atoms with van der Waals surface area (Å²) in [4.78, 5) is 11.0. The van der Waals surface area contributed by atoms with Crippen molar-refractivity contribution in [2.75, 3.05) is 6.61 Å². The Morgan fingerprint density at radius 3 is 2.82 bits per heavy atom. The highest BCUT2D eigenvalue weighted by atomic mass is 35.5. The van der Waals surface area contributed by atoms with Crippen LogP contribution in [0.15, 0.2) is 6.07 Å². The number of aryl methyl sites for hydroxylation is 1. The third-order valence-corrected chi connectivity index (χ3v) is 4.00. The first-order valence-corrected chi connectivity index (χ1v) is 6.92. The molecule has 3 nitrogen and oxygen atoms in total. The molecule has 0 saturated carbocycles. The van der Waals surface area contributed by atoms with Gasteiger partial charge in [0.1, 0.15) is 16.1 Å². The van der Waals surface area contributed by atoms with Crippen molar-refractivity contribution in [2.24, 2.45) is 0 Å². The van der Waals surface area contributed by atoms with Gasteiger partial charge in [0, 0.05) is 16.9 Å². The number of hydrogen-bond donors (Lipinski definition) is 0. The topological polar surface area (TPSA) is 35.0 Å². The maximum Gasteiger partial charge on any atom is 0.160 e. The molecule has 0 spiro atoms. The second kappa shape index (κ2) is 5.29. The molecule has 1 atom stereocenters. The molecule has 0 aliphatic heterocycles. The molecule has 92 valence electrons. The van der Waals surface area contributed by atoms with Crippen LogP contribution < -0.4 is 0 Å². The Morgan fingerprint density at radius 2 is 2.18 bits per heavy atom. The minimum Gasteiger partial charge on any atom is -0.371 e. The monoisotopic (exact) mass is 270 g/mol. The van der Waals surface area contributed by atoms with Crippen molar-refractivity contribution >= 4 is 33.2 Å². The first kappa shape index (κ1) is 12.7. The number of ether oxygens (including phenoxy) is 1. The molecule has 0 amide bonds. The van der Waals surface area contributed by atoms with Crippen molar-refractivity contribution in [3.63, 3.8) is 0 Å². The number of hydrogen-bond acceptors (Lipinski definition) is 4. The van der Waals surface area contributed by atoms with Crippen LogP contribution >= 0.6 is 22.9 Å². The Labute approximate surface area is 110 Å². The molecular formula is C12H15ClN2OS. The third-order valence-electron chi connectivity index (χ3n) is 2.54. The molecule has 0 fully saturated rings. The zero-order valence-electron chi connectivity index (χ0n) is 10.2. The van der Waals surface area contributed by atoms with Crippen molar-refractivity contribution in [3.8, 4) is 0 Å². The van der Waals surface area contributed by atoms with Crippen molar-refractivity contribution < 1.29 is 4.74 Å². The van der Waals surface area contributed by atoms with E-state index in [0.29, 0.717) is 17.6 Å². The number of rotatable bonds is 4. The Bertz CT molecular complexity index is 526. The zero-order valence-corrected chi connectivity index (χ0v) is 11.7. The maximum atomic E-state index is 6.18. The predicted molar refractivity (Wildman–Crippen MR) is 71.8 cm³/mol. The van der Waals surface area contributed by atoms with Crippen LogP contribution in [0.4, 0.5) is 0 Å². The predicted octanol–water partition coefficient (Wildman–Crippen LogP) is 4.00. The minimum absolute atomic E-state index is 0.117. The summed E-state index contributed by atoms with van der Waals surface area (Å²) in [5, 5.41) is 1.47. The summed E-state index contributed by atoms with van der Waals surface area (Å²) in [7, 11) is 0. The molecule has 0 aromatic carbocycles. The smallest absolute Gasteiger partial charge is 0.160 e. The molecule has 17 heavy (non-hydrogen) atoms. The van der Waals surface area contributed by atoms with Gasteiger partial charge >= 0.3 is 0 Å². The molecule has 0 aliphatic rings. The van der Waals surface area contributed by atoms with E-state index >= 15 is 0 Å². The van der Waals surface area contributed by atoms with Gasteiger partial charge in [-0.3, -0.25) is 0 Å². The Morgan fingerprint density at radius 1 is 1.41 bits per heavy atom. The van der Waals surface area contributed by atoms with Crippen LogP contribution in [0.3, 0.4) is 0 Å². The molecule has 2 aromatic rings. The first-order chi connectivity index (χ1) is 8.15. The van der Waals surface area contributed by atoms with E-state index in [-0.39, 0.29) is 6.10 Å². The highest BCUT2D eigenvalue weighted by molar-refractivity contribution is 7.18. The standard InChI is InChI=1S/C12H15ClN2OS/c1-4-8-6-9-10(13)14-11(7(3)16-5-2)15-12(9)17-8/h6-7H,4-5H2,1-3H3. The molecule has 0 aliphatic carbocycles. The summed E-state index contributed by atoms with van der Waals surface area (Å²) >= 11 is 7.85. The van der Waals surface area contributed by atoms with Crippen molar-refractivity contribution in [2.45, 2.75) is 33.3 Å². The first-order valence-electron chi connectivity index (χ1n) is 5.73. The lowest BCUT2D eigenvalue weighted by molar-refractivity contribution is 0.0703. The molecule has 5 heteroatoms. The van der Waals surface area contributed by atoms with E-state index in [0.717, 1.165) is 16.6 Å². The van der Waals surface area contributed by atoms with Crippen LogP contribution in [0.2, 0.25) is 5.15 Å². The van der Waals surface area contributed by atoms with E-state index in [4.69, 9.17) is 16.3 Å². The summed E-state index contributed by atoms with van der Waals surface area (Å²) in [6, 6.07) is 2.07. The Kier molecular flexibility index (Phi) is 3.97. The van der Waals surface area contributed by atoms with Gasteiger partial charge in [-0.2, -0.15) is 0 Å². The Hall–Kier alpha value is -0.710. The van der Waals surface area contributed by atoms with Crippen LogP contribution in [0, 0.1) is 0 Å². The number of thiophene rings is 1. The quantitative estimate of drug-likeness (QED) is 0.788. The lowest BCUT2D eigenvalue weighted by Gasteiger charge is -2.10. The largest absolute Gasteiger partial charge is 0.371 e. The summed E-state index contributed by atoms with van der Waals surface area (Å²) < 4.78 is 5.49. The summed E-state index contributed by atoms with van der Waals surface area (Å²) in [5.41, 5.74) is 0. The van der Waals surface area contributed by atoms with Gasteiger partial charge in [0.2, 0.25) is 0 Å². The van der Waals surface area contributed by atoms with E-state index in [9.17, 15) is 0 Å². The minimum atomic E-state index is -0.117. The fraction of sp³-hybridized carbons (Fsp3) is 0.500. The van der Waals surface area contributed by atoms with Gasteiger partial charge in [0.25, 0.3) is 0 Å². The second-order valence-electron chi connectivity index (χ2n) is 3.76. The average molecular weight is 271 g/mol. The van der Waals surface area contributed by atoms with E-state index in [1.165, 1.54) is 4.88 Å². The van der Waals surface area contributed by atoms with Gasteiger partial charge in [-0.05, 0) is 26.3 Å². The van der Waals surface area contributed by atoms with Crippen LogP contribution in [0.5, 0.6) is 0 Å². The van der Waals surface area contributed by atoms with Gasteiger partial charge in [0.15, 0.2) is 5.82 Å². The lowest BCUT2D eigenvalue weighted by atomic mass is 10.3. The van der Waals surface area contributed by atoms with E-state index < -0.39 is 0 Å². The molecule has 0 N–H and O–H groups in total. The van der Waals surface area contributed by atoms with Gasteiger partial charge in [-0.15, -0.1) is 11.3 Å². The van der Waals surface area contributed by atoms with Gasteiger partial charge in [0.05, 0.1) is 0 Å². The number of halogens is 1. The molecule has 0 bridgehead atoms. The fourth-order valence-corrected chi connectivity index (χ4v) is 2.89. The van der Waals surface area contributed by atoms with E-state index in [2.05, 4.69) is 23.0 Å². The van der Waals surface area contributed by atoms with Crippen molar-refractivity contribution in [1.29, 1.82) is 0 Å².